The summed E-state index contributed by atoms with van der Waals surface area (Å²) in [5, 5.41) is 0. The lowest BCUT2D eigenvalue weighted by Gasteiger charge is -2.08. The van der Waals surface area contributed by atoms with Crippen molar-refractivity contribution < 1.29 is 9.47 Å². The molecule has 92 valence electrons. The van der Waals surface area contributed by atoms with E-state index in [0.717, 1.165) is 10.0 Å². The Morgan fingerprint density at radius 3 is 2.89 bits per heavy atom. The Kier molecular flexibility index (Phi) is 2.77. The van der Waals surface area contributed by atoms with Gasteiger partial charge in [-0.2, -0.15) is 0 Å². The number of benzene rings is 1. The molecule has 18 heavy (non-hydrogen) atoms. The number of aromatic nitrogens is 2. The Morgan fingerprint density at radius 2 is 2.06 bits per heavy atom. The van der Waals surface area contributed by atoms with Gasteiger partial charge in [0.25, 0.3) is 0 Å². The van der Waals surface area contributed by atoms with Gasteiger partial charge in [0.1, 0.15) is 5.69 Å². The highest BCUT2D eigenvalue weighted by Gasteiger charge is 2.20. The van der Waals surface area contributed by atoms with E-state index < -0.39 is 0 Å². The number of nitrogens with two attached hydrogens (primary N) is 1. The van der Waals surface area contributed by atoms with Crippen LogP contribution in [0.25, 0.3) is 11.3 Å². The molecule has 2 heterocycles. The summed E-state index contributed by atoms with van der Waals surface area (Å²) in [5.74, 6) is 7.29. The number of ether oxygens (including phenoxy) is 2. The van der Waals surface area contributed by atoms with E-state index in [9.17, 15) is 0 Å². The van der Waals surface area contributed by atoms with Gasteiger partial charge in [-0.05, 0) is 28.1 Å². The number of nitrogens with zero attached hydrogens (tertiary/aromatic N) is 2. The number of nitrogens with one attached hydrogen (secondary N) is 1. The molecular formula is C11H9BrN4O2. The van der Waals surface area contributed by atoms with Gasteiger partial charge in [-0.15, -0.1) is 0 Å². The Hall–Kier alpha value is -1.86. The van der Waals surface area contributed by atoms with Crippen LogP contribution in [0.4, 0.5) is 5.82 Å². The molecule has 0 saturated heterocycles. The van der Waals surface area contributed by atoms with Crippen LogP contribution in [0.5, 0.6) is 11.5 Å². The molecule has 6 nitrogen and oxygen atoms in total. The topological polar surface area (TPSA) is 82.3 Å². The summed E-state index contributed by atoms with van der Waals surface area (Å²) in [5.41, 5.74) is 4.01. The quantitative estimate of drug-likeness (QED) is 0.651. The number of halogens is 1. The van der Waals surface area contributed by atoms with Crippen molar-refractivity contribution in [2.24, 2.45) is 5.84 Å². The molecule has 1 aromatic carbocycles. The Bertz CT molecular complexity index is 606. The lowest BCUT2D eigenvalue weighted by molar-refractivity contribution is 0.173. The number of hydrogen-bond acceptors (Lipinski definition) is 6. The first-order valence-electron chi connectivity index (χ1n) is 5.16. The van der Waals surface area contributed by atoms with Crippen LogP contribution in [-0.4, -0.2) is 16.8 Å². The molecule has 3 N–H and O–H groups in total. The molecule has 3 rings (SSSR count). The van der Waals surface area contributed by atoms with E-state index in [1.165, 1.54) is 0 Å². The van der Waals surface area contributed by atoms with Crippen molar-refractivity contribution in [3.63, 3.8) is 0 Å². The maximum Gasteiger partial charge on any atom is 0.231 e. The van der Waals surface area contributed by atoms with E-state index in [0.29, 0.717) is 23.0 Å². The number of hydrogen-bond donors (Lipinski definition) is 2. The Labute approximate surface area is 111 Å². The summed E-state index contributed by atoms with van der Waals surface area (Å²) in [7, 11) is 0. The highest BCUT2D eigenvalue weighted by Crippen LogP contribution is 2.42. The van der Waals surface area contributed by atoms with Crippen molar-refractivity contribution in [2.75, 3.05) is 12.2 Å². The summed E-state index contributed by atoms with van der Waals surface area (Å²) in [6.45, 7) is 0.222. The molecule has 0 bridgehead atoms. The van der Waals surface area contributed by atoms with Crippen LogP contribution >= 0.6 is 15.9 Å². The van der Waals surface area contributed by atoms with Gasteiger partial charge < -0.3 is 14.9 Å². The first kappa shape index (κ1) is 11.2. The van der Waals surface area contributed by atoms with Crippen molar-refractivity contribution in [1.82, 2.24) is 9.97 Å². The highest BCUT2D eigenvalue weighted by molar-refractivity contribution is 9.10. The minimum absolute atomic E-state index is 0.222. The number of anilines is 1. The van der Waals surface area contributed by atoms with Crippen LogP contribution < -0.4 is 20.7 Å². The second-order valence-corrected chi connectivity index (χ2v) is 4.44. The summed E-state index contributed by atoms with van der Waals surface area (Å²) in [4.78, 5) is 8.37. The third kappa shape index (κ3) is 1.77. The summed E-state index contributed by atoms with van der Waals surface area (Å²) >= 11 is 3.44. The fraction of sp³-hybridized carbons (Fsp3) is 0.0909. The average Bonchev–Trinajstić information content (AvgIpc) is 2.87. The minimum atomic E-state index is 0.222. The van der Waals surface area contributed by atoms with E-state index in [2.05, 4.69) is 31.3 Å². The predicted octanol–water partition coefficient (Wildman–Crippen LogP) is 1.92. The van der Waals surface area contributed by atoms with Crippen molar-refractivity contribution in [3.8, 4) is 22.8 Å². The summed E-state index contributed by atoms with van der Waals surface area (Å²) < 4.78 is 11.5. The zero-order valence-electron chi connectivity index (χ0n) is 9.18. The van der Waals surface area contributed by atoms with Crippen molar-refractivity contribution in [2.45, 2.75) is 0 Å². The third-order valence-corrected chi connectivity index (χ3v) is 3.12. The molecule has 7 heteroatoms. The van der Waals surface area contributed by atoms with Gasteiger partial charge in [0, 0.05) is 18.0 Å². The molecule has 0 saturated carbocycles. The smallest absolute Gasteiger partial charge is 0.231 e. The SMILES string of the molecule is NNc1nccnc1-c1cc(Br)c2c(c1)OCO2. The van der Waals surface area contributed by atoms with Crippen molar-refractivity contribution >= 4 is 21.7 Å². The lowest BCUT2D eigenvalue weighted by Crippen LogP contribution is -2.10. The third-order valence-electron chi connectivity index (χ3n) is 2.54. The van der Waals surface area contributed by atoms with Gasteiger partial charge in [-0.1, -0.05) is 0 Å². The van der Waals surface area contributed by atoms with Gasteiger partial charge in [-0.25, -0.2) is 10.8 Å². The van der Waals surface area contributed by atoms with Gasteiger partial charge in [-0.3, -0.25) is 4.98 Å². The largest absolute Gasteiger partial charge is 0.454 e. The first-order chi connectivity index (χ1) is 8.79. The Morgan fingerprint density at radius 1 is 1.22 bits per heavy atom. The highest BCUT2D eigenvalue weighted by atomic mass is 79.9. The molecule has 0 aliphatic carbocycles. The molecule has 0 atom stereocenters. The van der Waals surface area contributed by atoms with E-state index in [1.54, 1.807) is 12.4 Å². The van der Waals surface area contributed by atoms with E-state index in [1.807, 2.05) is 12.1 Å². The monoisotopic (exact) mass is 308 g/mol. The number of fused-ring (bicyclic) bond motifs is 1. The van der Waals surface area contributed by atoms with E-state index >= 15 is 0 Å². The van der Waals surface area contributed by atoms with Gasteiger partial charge in [0.05, 0.1) is 4.47 Å². The van der Waals surface area contributed by atoms with Gasteiger partial charge in [0.2, 0.25) is 6.79 Å². The first-order valence-corrected chi connectivity index (χ1v) is 5.96. The fourth-order valence-corrected chi connectivity index (χ4v) is 2.32. The molecule has 0 unspecified atom stereocenters. The molecule has 1 aliphatic rings. The molecule has 0 radical (unpaired) electrons. The standard InChI is InChI=1S/C11H9BrN4O2/c12-7-3-6(4-8-10(7)18-5-17-8)9-11(16-13)15-2-1-14-9/h1-4H,5,13H2,(H,15,16). The molecule has 2 aromatic rings. The number of rotatable bonds is 2. The van der Waals surface area contributed by atoms with E-state index in [4.69, 9.17) is 15.3 Å². The Balaban J connectivity index is 2.15. The molecular weight excluding hydrogens is 300 g/mol. The van der Waals surface area contributed by atoms with Gasteiger partial charge >= 0.3 is 0 Å². The molecule has 1 aliphatic heterocycles. The van der Waals surface area contributed by atoms with Crippen LogP contribution in [0.1, 0.15) is 0 Å². The normalized spacial score (nSPS) is 12.6. The van der Waals surface area contributed by atoms with Crippen LogP contribution in [0.15, 0.2) is 29.0 Å². The van der Waals surface area contributed by atoms with Crippen LogP contribution in [0.3, 0.4) is 0 Å². The minimum Gasteiger partial charge on any atom is -0.454 e. The average molecular weight is 309 g/mol. The molecule has 0 spiro atoms. The summed E-state index contributed by atoms with van der Waals surface area (Å²) in [6, 6.07) is 3.73. The van der Waals surface area contributed by atoms with Crippen LogP contribution in [0.2, 0.25) is 0 Å². The van der Waals surface area contributed by atoms with Crippen LogP contribution in [0, 0.1) is 0 Å². The zero-order valence-corrected chi connectivity index (χ0v) is 10.8. The number of nitrogen functional groups attached to an aromatic ring is 1. The second kappa shape index (κ2) is 4.43. The molecule has 0 amide bonds. The summed E-state index contributed by atoms with van der Waals surface area (Å²) in [6.07, 6.45) is 3.18. The molecule has 1 aromatic heterocycles. The second-order valence-electron chi connectivity index (χ2n) is 3.59. The van der Waals surface area contributed by atoms with Crippen molar-refractivity contribution in [1.29, 1.82) is 0 Å². The fourth-order valence-electron chi connectivity index (χ4n) is 1.76. The lowest BCUT2D eigenvalue weighted by atomic mass is 10.1. The predicted molar refractivity (Wildman–Crippen MR) is 69.1 cm³/mol. The van der Waals surface area contributed by atoms with Crippen LogP contribution in [-0.2, 0) is 0 Å². The maximum atomic E-state index is 5.42. The van der Waals surface area contributed by atoms with E-state index in [-0.39, 0.29) is 6.79 Å². The maximum absolute atomic E-state index is 5.42. The molecule has 0 fully saturated rings. The van der Waals surface area contributed by atoms with Crippen molar-refractivity contribution in [3.05, 3.63) is 29.0 Å². The zero-order chi connectivity index (χ0) is 12.5. The number of hydrazine groups is 1. The van der Waals surface area contributed by atoms with Gasteiger partial charge in [0.15, 0.2) is 17.3 Å².